The third-order valence-corrected chi connectivity index (χ3v) is 9.85. The highest BCUT2D eigenvalue weighted by Gasteiger charge is 2.45. The molecule has 0 saturated heterocycles. The standard InChI is InChI=1S/C34H21F6N2O2P/c35-33(36,37)23-11-15-25(16-12-23)41-29-19-9-21-5-1-3-7-27(21)31(29)32-28-8-4-2-6-22(28)10-20-30(32)42(45(41,43)44)26-17-13-24(14-18-26)34(38,39)40/h1-20H,(H,43,44). The van der Waals surface area contributed by atoms with E-state index in [-0.39, 0.29) is 22.7 Å². The normalized spacial score (nSPS) is 14.7. The van der Waals surface area contributed by atoms with Gasteiger partial charge in [-0.25, -0.2) is 4.57 Å². The zero-order valence-corrected chi connectivity index (χ0v) is 23.9. The minimum Gasteiger partial charge on any atom is -0.313 e. The van der Waals surface area contributed by atoms with Crippen LogP contribution in [0.4, 0.5) is 49.1 Å². The van der Waals surface area contributed by atoms with Crippen LogP contribution in [0, 0.1) is 0 Å². The van der Waals surface area contributed by atoms with Gasteiger partial charge < -0.3 is 4.89 Å². The number of hydrogen-bond donors (Lipinski definition) is 1. The highest BCUT2D eigenvalue weighted by Crippen LogP contribution is 2.67. The maximum atomic E-state index is 15.0. The van der Waals surface area contributed by atoms with E-state index in [0.717, 1.165) is 68.6 Å². The Balaban J connectivity index is 1.61. The molecular weight excluding hydrogens is 613 g/mol. The molecule has 0 unspecified atom stereocenters. The average molecular weight is 635 g/mol. The first-order chi connectivity index (χ1) is 21.4. The van der Waals surface area contributed by atoms with E-state index >= 15 is 4.57 Å². The Morgan fingerprint density at radius 3 is 1.20 bits per heavy atom. The average Bonchev–Trinajstić information content (AvgIpc) is 3.09. The summed E-state index contributed by atoms with van der Waals surface area (Å²) in [7, 11) is -4.92. The van der Waals surface area contributed by atoms with Crippen LogP contribution in [-0.4, -0.2) is 4.89 Å². The lowest BCUT2D eigenvalue weighted by atomic mass is 9.90. The number of halogens is 6. The van der Waals surface area contributed by atoms with Gasteiger partial charge >= 0.3 is 20.0 Å². The molecule has 45 heavy (non-hydrogen) atoms. The molecule has 0 amide bonds. The van der Waals surface area contributed by atoms with Gasteiger partial charge in [-0.15, -0.1) is 0 Å². The van der Waals surface area contributed by atoms with Crippen LogP contribution in [0.1, 0.15) is 11.1 Å². The lowest BCUT2D eigenvalue weighted by molar-refractivity contribution is -0.138. The van der Waals surface area contributed by atoms with Crippen molar-refractivity contribution >= 4 is 52.0 Å². The first-order valence-corrected chi connectivity index (χ1v) is 15.2. The first kappa shape index (κ1) is 29.0. The summed E-state index contributed by atoms with van der Waals surface area (Å²) >= 11 is 0. The van der Waals surface area contributed by atoms with E-state index in [1.807, 2.05) is 48.5 Å². The summed E-state index contributed by atoms with van der Waals surface area (Å²) in [5.41, 5.74) is -0.341. The lowest BCUT2D eigenvalue weighted by Crippen LogP contribution is -2.25. The summed E-state index contributed by atoms with van der Waals surface area (Å²) in [6, 6.07) is 29.3. The highest BCUT2D eigenvalue weighted by atomic mass is 31.2. The topological polar surface area (TPSA) is 43.8 Å². The van der Waals surface area contributed by atoms with Crippen LogP contribution in [0.25, 0.3) is 32.7 Å². The van der Waals surface area contributed by atoms with E-state index in [2.05, 4.69) is 0 Å². The van der Waals surface area contributed by atoms with Gasteiger partial charge in [0.25, 0.3) is 0 Å². The van der Waals surface area contributed by atoms with E-state index in [1.165, 1.54) is 0 Å². The van der Waals surface area contributed by atoms with E-state index < -0.39 is 31.1 Å². The van der Waals surface area contributed by atoms with Crippen molar-refractivity contribution in [2.45, 2.75) is 12.4 Å². The van der Waals surface area contributed by atoms with Gasteiger partial charge in [0.15, 0.2) is 0 Å². The van der Waals surface area contributed by atoms with Gasteiger partial charge in [0.2, 0.25) is 0 Å². The second-order valence-electron chi connectivity index (χ2n) is 10.6. The smallest absolute Gasteiger partial charge is 0.313 e. The Bertz CT molecular complexity index is 1990. The summed E-state index contributed by atoms with van der Waals surface area (Å²) in [5.74, 6) is 0. The maximum absolute atomic E-state index is 15.0. The number of anilines is 4. The zero-order valence-electron chi connectivity index (χ0n) is 23.0. The van der Waals surface area contributed by atoms with Crippen molar-refractivity contribution < 1.29 is 35.8 Å². The van der Waals surface area contributed by atoms with Crippen LogP contribution in [0.2, 0.25) is 0 Å². The fourth-order valence-corrected chi connectivity index (χ4v) is 7.87. The number of nitrogens with zero attached hydrogens (tertiary/aromatic N) is 2. The number of alkyl halides is 6. The Kier molecular flexibility index (Phi) is 6.51. The van der Waals surface area contributed by atoms with E-state index in [9.17, 15) is 31.2 Å². The summed E-state index contributed by atoms with van der Waals surface area (Å²) in [6.45, 7) is 0. The van der Waals surface area contributed by atoms with Crippen molar-refractivity contribution in [1.29, 1.82) is 0 Å². The molecule has 226 valence electrons. The van der Waals surface area contributed by atoms with Gasteiger partial charge in [-0.2, -0.15) is 26.3 Å². The summed E-state index contributed by atoms with van der Waals surface area (Å²) < 4.78 is 98.3. The monoisotopic (exact) mass is 634 g/mol. The number of hydrogen-bond acceptors (Lipinski definition) is 1. The third-order valence-electron chi connectivity index (χ3n) is 7.92. The van der Waals surface area contributed by atoms with Crippen LogP contribution >= 0.6 is 7.67 Å². The van der Waals surface area contributed by atoms with Gasteiger partial charge in [0, 0.05) is 11.1 Å². The van der Waals surface area contributed by atoms with Crippen molar-refractivity contribution in [2.75, 3.05) is 9.34 Å². The molecule has 6 aromatic carbocycles. The molecule has 0 spiro atoms. The molecule has 0 aromatic heterocycles. The van der Waals surface area contributed by atoms with Crippen molar-refractivity contribution in [3.63, 3.8) is 0 Å². The quantitative estimate of drug-likeness (QED) is 0.152. The Morgan fingerprint density at radius 2 is 0.844 bits per heavy atom. The molecule has 7 rings (SSSR count). The molecule has 0 radical (unpaired) electrons. The minimum absolute atomic E-state index is 0.0145. The molecule has 0 saturated carbocycles. The molecule has 0 fully saturated rings. The molecule has 0 atom stereocenters. The highest BCUT2D eigenvalue weighted by molar-refractivity contribution is 7.62. The third kappa shape index (κ3) is 4.72. The fraction of sp³-hybridized carbons (Fsp3) is 0.0588. The lowest BCUT2D eigenvalue weighted by Gasteiger charge is -2.36. The number of benzene rings is 6. The van der Waals surface area contributed by atoms with Gasteiger partial charge in [0.05, 0.1) is 33.9 Å². The summed E-state index contributed by atoms with van der Waals surface area (Å²) in [6.07, 6.45) is -9.29. The molecule has 4 nitrogen and oxygen atoms in total. The van der Waals surface area contributed by atoms with Crippen molar-refractivity contribution in [3.8, 4) is 11.1 Å². The number of fused-ring (bicyclic) bond motifs is 7. The van der Waals surface area contributed by atoms with Gasteiger partial charge in [0.1, 0.15) is 0 Å². The van der Waals surface area contributed by atoms with Crippen molar-refractivity contribution in [1.82, 2.24) is 0 Å². The molecule has 1 heterocycles. The largest absolute Gasteiger partial charge is 0.416 e. The molecule has 1 aliphatic heterocycles. The molecule has 1 aliphatic rings. The van der Waals surface area contributed by atoms with Crippen molar-refractivity contribution in [2.24, 2.45) is 0 Å². The Hall–Kier alpha value is -4.79. The second kappa shape index (κ2) is 10.1. The van der Waals surface area contributed by atoms with Crippen LogP contribution in [0.3, 0.4) is 0 Å². The predicted octanol–water partition coefficient (Wildman–Crippen LogP) is 11.1. The van der Waals surface area contributed by atoms with Crippen LogP contribution in [-0.2, 0) is 16.9 Å². The molecule has 6 aromatic rings. The number of rotatable bonds is 2. The van der Waals surface area contributed by atoms with E-state index in [1.54, 1.807) is 24.3 Å². The molecule has 1 N–H and O–H groups in total. The molecule has 0 aliphatic carbocycles. The summed E-state index contributed by atoms with van der Waals surface area (Å²) in [5, 5.41) is 3.02. The van der Waals surface area contributed by atoms with E-state index in [0.29, 0.717) is 21.9 Å². The predicted molar refractivity (Wildman–Crippen MR) is 164 cm³/mol. The second-order valence-corrected chi connectivity index (χ2v) is 12.4. The zero-order chi connectivity index (χ0) is 31.7. The first-order valence-electron chi connectivity index (χ1n) is 13.7. The molecule has 0 bridgehead atoms. The molecule has 11 heteroatoms. The van der Waals surface area contributed by atoms with Crippen LogP contribution in [0.15, 0.2) is 121 Å². The molecular formula is C34H21F6N2O2P. The fourth-order valence-electron chi connectivity index (χ4n) is 5.93. The SMILES string of the molecule is O=P1(O)N(c2ccc(C(F)(F)F)cc2)c2ccc3ccccc3c2-c2c(ccc3ccccc23)N1c1ccc(C(F)(F)F)cc1. The maximum Gasteiger partial charge on any atom is 0.416 e. The van der Waals surface area contributed by atoms with Crippen molar-refractivity contribution in [3.05, 3.63) is 132 Å². The minimum atomic E-state index is -4.92. The van der Waals surface area contributed by atoms with Crippen LogP contribution < -0.4 is 9.34 Å². The van der Waals surface area contributed by atoms with Gasteiger partial charge in [-0.05, 0) is 82.2 Å². The Labute approximate surface area is 252 Å². The van der Waals surface area contributed by atoms with Gasteiger partial charge in [-0.3, -0.25) is 9.34 Å². The summed E-state index contributed by atoms with van der Waals surface area (Å²) in [4.78, 5) is 12.2. The Morgan fingerprint density at radius 1 is 0.489 bits per heavy atom. The van der Waals surface area contributed by atoms with Crippen LogP contribution in [0.5, 0.6) is 0 Å². The van der Waals surface area contributed by atoms with Gasteiger partial charge in [-0.1, -0.05) is 60.7 Å². The van der Waals surface area contributed by atoms with E-state index in [4.69, 9.17) is 0 Å².